The molecule has 0 radical (unpaired) electrons. The molecule has 0 aliphatic rings. The molecule has 27 heavy (non-hydrogen) atoms. The highest BCUT2D eigenvalue weighted by molar-refractivity contribution is 5.79. The molecule has 0 spiro atoms. The van der Waals surface area contributed by atoms with Crippen molar-refractivity contribution in [1.82, 2.24) is 25.4 Å². The second-order valence-electron chi connectivity index (χ2n) is 7.46. The van der Waals surface area contributed by atoms with Crippen LogP contribution < -0.4 is 10.6 Å². The molecule has 6 heteroatoms. The Balaban J connectivity index is 1.83. The smallest absolute Gasteiger partial charge is 0.191 e. The van der Waals surface area contributed by atoms with Crippen molar-refractivity contribution in [2.75, 3.05) is 19.6 Å². The topological polar surface area (TPSA) is 67.1 Å². The number of hydrogen-bond acceptors (Lipinski definition) is 3. The maximum atomic E-state index is 4.82. The van der Waals surface area contributed by atoms with Crippen molar-refractivity contribution in [1.29, 1.82) is 0 Å². The van der Waals surface area contributed by atoms with Gasteiger partial charge in [0.25, 0.3) is 0 Å². The van der Waals surface area contributed by atoms with Gasteiger partial charge in [-0.15, -0.1) is 10.2 Å². The number of aromatic nitrogens is 3. The number of hydrogen-bond donors (Lipinski definition) is 2. The van der Waals surface area contributed by atoms with Gasteiger partial charge < -0.3 is 15.2 Å². The van der Waals surface area contributed by atoms with E-state index < -0.39 is 0 Å². The van der Waals surface area contributed by atoms with Crippen LogP contribution in [-0.2, 0) is 18.4 Å². The Morgan fingerprint density at radius 2 is 1.74 bits per heavy atom. The van der Waals surface area contributed by atoms with E-state index in [1.165, 1.54) is 11.1 Å². The molecule has 0 unspecified atom stereocenters. The van der Waals surface area contributed by atoms with E-state index in [1.54, 1.807) is 12.7 Å². The summed E-state index contributed by atoms with van der Waals surface area (Å²) in [4.78, 5) is 4.82. The number of guanidine groups is 1. The maximum Gasteiger partial charge on any atom is 0.191 e. The average Bonchev–Trinajstić information content (AvgIpc) is 3.19. The van der Waals surface area contributed by atoms with Gasteiger partial charge in [0.05, 0.1) is 6.54 Å². The van der Waals surface area contributed by atoms with Crippen LogP contribution in [0.3, 0.4) is 0 Å². The molecule has 0 fully saturated rings. The summed E-state index contributed by atoms with van der Waals surface area (Å²) < 4.78 is 2.01. The Morgan fingerprint density at radius 3 is 2.37 bits per heavy atom. The Labute approximate surface area is 163 Å². The van der Waals surface area contributed by atoms with Crippen LogP contribution in [-0.4, -0.2) is 40.4 Å². The largest absolute Gasteiger partial charge is 0.357 e. The highest BCUT2D eigenvalue weighted by Gasteiger charge is 2.20. The molecule has 0 saturated carbocycles. The first kappa shape index (κ1) is 20.9. The second-order valence-corrected chi connectivity index (χ2v) is 7.46. The van der Waals surface area contributed by atoms with E-state index in [4.69, 9.17) is 4.99 Å². The Bertz CT molecular complexity index is 673. The molecule has 0 atom stereocenters. The first-order valence-corrected chi connectivity index (χ1v) is 9.99. The maximum absolute atomic E-state index is 4.82. The minimum atomic E-state index is 0.00302. The van der Waals surface area contributed by atoms with E-state index in [2.05, 4.69) is 72.8 Å². The summed E-state index contributed by atoms with van der Waals surface area (Å²) in [6, 6.07) is 8.92. The summed E-state index contributed by atoms with van der Waals surface area (Å²) in [5, 5.41) is 14.4. The fourth-order valence-electron chi connectivity index (χ4n) is 2.87. The number of nitrogens with one attached hydrogen (secondary N) is 2. The lowest BCUT2D eigenvalue weighted by Crippen LogP contribution is -2.39. The molecular weight excluding hydrogens is 336 g/mol. The van der Waals surface area contributed by atoms with E-state index >= 15 is 0 Å². The molecular formula is C21H34N6. The monoisotopic (exact) mass is 370 g/mol. The zero-order valence-corrected chi connectivity index (χ0v) is 17.2. The first-order chi connectivity index (χ1) is 13.0. The van der Waals surface area contributed by atoms with Crippen molar-refractivity contribution >= 4 is 5.96 Å². The molecule has 1 aromatic carbocycles. The molecule has 6 nitrogen and oxygen atoms in total. The van der Waals surface area contributed by atoms with Crippen molar-refractivity contribution in [2.24, 2.45) is 4.99 Å². The third-order valence-electron chi connectivity index (χ3n) is 4.72. The molecule has 148 valence electrons. The van der Waals surface area contributed by atoms with Crippen molar-refractivity contribution < 1.29 is 0 Å². The number of aliphatic imine (C=N–C) groups is 1. The van der Waals surface area contributed by atoms with E-state index in [1.807, 2.05) is 4.57 Å². The number of nitrogens with zero attached hydrogens (tertiary/aromatic N) is 4. The predicted molar refractivity (Wildman–Crippen MR) is 112 cm³/mol. The van der Waals surface area contributed by atoms with Gasteiger partial charge in [0, 0.05) is 25.0 Å². The minimum Gasteiger partial charge on any atom is -0.357 e. The van der Waals surface area contributed by atoms with Crippen molar-refractivity contribution in [2.45, 2.75) is 58.9 Å². The summed E-state index contributed by atoms with van der Waals surface area (Å²) in [6.07, 6.45) is 6.75. The van der Waals surface area contributed by atoms with Gasteiger partial charge in [0.15, 0.2) is 5.96 Å². The Kier molecular flexibility index (Phi) is 8.30. The number of benzene rings is 1. The van der Waals surface area contributed by atoms with Gasteiger partial charge in [-0.3, -0.25) is 4.99 Å². The summed E-state index contributed by atoms with van der Waals surface area (Å²) in [6.45, 7) is 12.2. The Hall–Kier alpha value is -2.37. The first-order valence-electron chi connectivity index (χ1n) is 9.99. The summed E-state index contributed by atoms with van der Waals surface area (Å²) >= 11 is 0. The molecule has 0 saturated heterocycles. The minimum absolute atomic E-state index is 0.00302. The molecule has 1 aromatic heterocycles. The van der Waals surface area contributed by atoms with E-state index in [-0.39, 0.29) is 5.41 Å². The van der Waals surface area contributed by atoms with Gasteiger partial charge in [-0.25, -0.2) is 0 Å². The molecule has 1 heterocycles. The highest BCUT2D eigenvalue weighted by atomic mass is 15.2. The van der Waals surface area contributed by atoms with Crippen molar-refractivity contribution in [3.8, 4) is 0 Å². The highest BCUT2D eigenvalue weighted by Crippen LogP contribution is 2.24. The molecule has 0 bridgehead atoms. The lowest BCUT2D eigenvalue weighted by atomic mass is 9.84. The van der Waals surface area contributed by atoms with Crippen molar-refractivity contribution in [3.05, 3.63) is 48.0 Å². The number of aryl methyl sites for hydroxylation is 2. The SMILES string of the molecule is CCNC(=NCC(C)(C)c1ccc(CC)cc1)NCCCCn1cnnc1. The Morgan fingerprint density at radius 1 is 1.04 bits per heavy atom. The van der Waals surface area contributed by atoms with Gasteiger partial charge in [0.2, 0.25) is 0 Å². The van der Waals surface area contributed by atoms with Crippen LogP contribution in [0.25, 0.3) is 0 Å². The van der Waals surface area contributed by atoms with Crippen LogP contribution in [0.2, 0.25) is 0 Å². The van der Waals surface area contributed by atoms with Crippen LogP contribution in [0.5, 0.6) is 0 Å². The van der Waals surface area contributed by atoms with E-state index in [9.17, 15) is 0 Å². The van der Waals surface area contributed by atoms with Gasteiger partial charge in [0.1, 0.15) is 12.7 Å². The third-order valence-corrected chi connectivity index (χ3v) is 4.72. The lowest BCUT2D eigenvalue weighted by Gasteiger charge is -2.24. The van der Waals surface area contributed by atoms with Crippen LogP contribution in [0.15, 0.2) is 41.9 Å². The summed E-state index contributed by atoms with van der Waals surface area (Å²) in [5.74, 6) is 0.889. The lowest BCUT2D eigenvalue weighted by molar-refractivity contribution is 0.536. The summed E-state index contributed by atoms with van der Waals surface area (Å²) in [7, 11) is 0. The molecule has 0 aliphatic carbocycles. The van der Waals surface area contributed by atoms with Crippen LogP contribution >= 0.6 is 0 Å². The van der Waals surface area contributed by atoms with Crippen LogP contribution in [0, 0.1) is 0 Å². The second kappa shape index (κ2) is 10.7. The van der Waals surface area contributed by atoms with E-state index in [0.717, 1.165) is 51.4 Å². The van der Waals surface area contributed by atoms with Gasteiger partial charge in [-0.2, -0.15) is 0 Å². The number of rotatable bonds is 10. The predicted octanol–water partition coefficient (Wildman–Crippen LogP) is 3.15. The van der Waals surface area contributed by atoms with Crippen molar-refractivity contribution in [3.63, 3.8) is 0 Å². The standard InChI is InChI=1S/C21H34N6/c1-5-18-9-11-19(12-10-18)21(3,4)15-24-20(22-6-2)23-13-7-8-14-27-16-25-26-17-27/h9-12,16-17H,5-8,13-15H2,1-4H3,(H2,22,23,24). The molecule has 2 aromatic rings. The zero-order chi connectivity index (χ0) is 19.5. The zero-order valence-electron chi connectivity index (χ0n) is 17.2. The fourth-order valence-corrected chi connectivity index (χ4v) is 2.87. The normalized spacial score (nSPS) is 12.2. The van der Waals surface area contributed by atoms with Gasteiger partial charge in [-0.1, -0.05) is 45.0 Å². The quantitative estimate of drug-likeness (QED) is 0.383. The molecule has 2 rings (SSSR count). The summed E-state index contributed by atoms with van der Waals surface area (Å²) in [5.41, 5.74) is 2.70. The van der Waals surface area contributed by atoms with Gasteiger partial charge in [-0.05, 0) is 37.3 Å². The average molecular weight is 371 g/mol. The molecule has 0 aliphatic heterocycles. The fraction of sp³-hybridized carbons (Fsp3) is 0.571. The third kappa shape index (κ3) is 7.04. The van der Waals surface area contributed by atoms with Gasteiger partial charge >= 0.3 is 0 Å². The number of unbranched alkanes of at least 4 members (excludes halogenated alkanes) is 1. The molecule has 2 N–H and O–H groups in total. The molecule has 0 amide bonds. The van der Waals surface area contributed by atoms with E-state index in [0.29, 0.717) is 0 Å². The van der Waals surface area contributed by atoms with Crippen LogP contribution in [0.1, 0.15) is 51.7 Å². The van der Waals surface area contributed by atoms with Crippen LogP contribution in [0.4, 0.5) is 0 Å².